The van der Waals surface area contributed by atoms with Crippen LogP contribution in [0.5, 0.6) is 0 Å². The van der Waals surface area contributed by atoms with E-state index in [1.54, 1.807) is 0 Å². The molecule has 0 aliphatic carbocycles. The number of aliphatic hydroxyl groups is 1. The number of carboxylic acid groups (broad SMARTS) is 1. The third kappa shape index (κ3) is 2.30. The van der Waals surface area contributed by atoms with Crippen molar-refractivity contribution in [1.82, 2.24) is 0 Å². The number of hydrogen-bond donors (Lipinski definition) is 2. The normalized spacial score (nSPS) is 12.9. The number of carbonyl (C=O) groups is 1. The molecule has 0 spiro atoms. The van der Waals surface area contributed by atoms with E-state index in [0.717, 1.165) is 0 Å². The fraction of sp³-hybridized carbons (Fsp3) is 0.222. The summed E-state index contributed by atoms with van der Waals surface area (Å²) in [6.45, 7) is 0. The van der Waals surface area contributed by atoms with E-state index in [9.17, 15) is 22.4 Å². The number of rotatable bonds is 3. The Hall–Kier alpha value is -1.63. The first kappa shape index (κ1) is 12.4. The summed E-state index contributed by atoms with van der Waals surface area (Å²) in [5.74, 6) is -4.92. The molecule has 1 rings (SSSR count). The van der Waals surface area contributed by atoms with Gasteiger partial charge in [0.05, 0.1) is 5.56 Å². The van der Waals surface area contributed by atoms with Gasteiger partial charge in [-0.1, -0.05) is 0 Å². The van der Waals surface area contributed by atoms with Crippen LogP contribution >= 0.6 is 0 Å². The molecule has 2 N–H and O–H groups in total. The molecule has 1 aromatic carbocycles. The van der Waals surface area contributed by atoms with E-state index in [4.69, 9.17) is 10.2 Å². The number of carboxylic acids is 1. The third-order valence-corrected chi connectivity index (χ3v) is 1.86. The van der Waals surface area contributed by atoms with Crippen LogP contribution in [-0.4, -0.2) is 16.2 Å². The molecule has 0 bridgehead atoms. The predicted octanol–water partition coefficient (Wildman–Crippen LogP) is 2.02. The topological polar surface area (TPSA) is 57.5 Å². The van der Waals surface area contributed by atoms with Crippen LogP contribution in [0.2, 0.25) is 0 Å². The Morgan fingerprint density at radius 1 is 1.19 bits per heavy atom. The molecular weight excluding hydrogens is 232 g/mol. The highest BCUT2D eigenvalue weighted by Crippen LogP contribution is 2.27. The summed E-state index contributed by atoms with van der Waals surface area (Å²) in [6, 6.07) is 0.574. The van der Waals surface area contributed by atoms with Crippen LogP contribution in [0, 0.1) is 11.6 Å². The molecule has 7 heteroatoms. The SMILES string of the molecule is O=C(O)C(O)c1c(F)cc(C(F)F)cc1F. The molecule has 3 nitrogen and oxygen atoms in total. The quantitative estimate of drug-likeness (QED) is 0.792. The van der Waals surface area contributed by atoms with Crippen molar-refractivity contribution in [3.05, 3.63) is 34.9 Å². The summed E-state index contributed by atoms with van der Waals surface area (Å²) < 4.78 is 50.4. The van der Waals surface area contributed by atoms with Gasteiger partial charge in [-0.3, -0.25) is 0 Å². The summed E-state index contributed by atoms with van der Waals surface area (Å²) in [5.41, 5.74) is -2.08. The van der Waals surface area contributed by atoms with E-state index in [1.807, 2.05) is 0 Å². The minimum absolute atomic E-state index is 0.287. The van der Waals surface area contributed by atoms with Gasteiger partial charge in [-0.25, -0.2) is 22.4 Å². The number of halogens is 4. The fourth-order valence-corrected chi connectivity index (χ4v) is 1.11. The molecule has 0 aromatic heterocycles. The lowest BCUT2D eigenvalue weighted by Gasteiger charge is -2.10. The Morgan fingerprint density at radius 3 is 1.94 bits per heavy atom. The van der Waals surface area contributed by atoms with Gasteiger partial charge in [0.15, 0.2) is 6.10 Å². The fourth-order valence-electron chi connectivity index (χ4n) is 1.11. The average molecular weight is 238 g/mol. The molecule has 0 radical (unpaired) electrons. The zero-order valence-electron chi connectivity index (χ0n) is 7.62. The minimum atomic E-state index is -3.08. The van der Waals surface area contributed by atoms with Gasteiger partial charge < -0.3 is 10.2 Å². The summed E-state index contributed by atoms with van der Waals surface area (Å²) in [6.07, 6.45) is -5.51. The van der Waals surface area contributed by atoms with Crippen LogP contribution in [0.1, 0.15) is 23.7 Å². The molecule has 0 saturated carbocycles. The maximum absolute atomic E-state index is 13.1. The summed E-state index contributed by atoms with van der Waals surface area (Å²) in [7, 11) is 0. The van der Waals surface area contributed by atoms with E-state index in [0.29, 0.717) is 0 Å². The highest BCUT2D eigenvalue weighted by Gasteiger charge is 2.26. The first-order valence-electron chi connectivity index (χ1n) is 4.02. The third-order valence-electron chi connectivity index (χ3n) is 1.86. The van der Waals surface area contributed by atoms with Crippen molar-refractivity contribution in [1.29, 1.82) is 0 Å². The van der Waals surface area contributed by atoms with Gasteiger partial charge in [0, 0.05) is 5.56 Å². The molecule has 0 saturated heterocycles. The monoisotopic (exact) mass is 238 g/mol. The summed E-state index contributed by atoms with van der Waals surface area (Å²) in [4.78, 5) is 10.3. The molecule has 0 amide bonds. The molecule has 0 aliphatic heterocycles. The number of aliphatic carboxylic acids is 1. The maximum atomic E-state index is 13.1. The Balaban J connectivity index is 3.28. The van der Waals surface area contributed by atoms with Crippen LogP contribution in [0.3, 0.4) is 0 Å². The lowest BCUT2D eigenvalue weighted by atomic mass is 10.1. The van der Waals surface area contributed by atoms with Gasteiger partial charge >= 0.3 is 5.97 Å². The highest BCUT2D eigenvalue weighted by atomic mass is 19.3. The molecule has 1 unspecified atom stereocenters. The van der Waals surface area contributed by atoms with Crippen LogP contribution in [0.4, 0.5) is 17.6 Å². The largest absolute Gasteiger partial charge is 0.479 e. The zero-order chi connectivity index (χ0) is 12.5. The molecule has 0 heterocycles. The second-order valence-electron chi connectivity index (χ2n) is 2.94. The van der Waals surface area contributed by atoms with Crippen molar-refractivity contribution >= 4 is 5.97 Å². The van der Waals surface area contributed by atoms with Crippen LogP contribution in [-0.2, 0) is 4.79 Å². The average Bonchev–Trinajstić information content (AvgIpc) is 2.15. The number of benzene rings is 1. The second kappa shape index (κ2) is 4.48. The lowest BCUT2D eigenvalue weighted by Crippen LogP contribution is -2.14. The van der Waals surface area contributed by atoms with Gasteiger partial charge in [0.1, 0.15) is 11.6 Å². The Labute approximate surface area is 86.9 Å². The highest BCUT2D eigenvalue weighted by molar-refractivity contribution is 5.74. The lowest BCUT2D eigenvalue weighted by molar-refractivity contribution is -0.147. The van der Waals surface area contributed by atoms with Crippen molar-refractivity contribution in [2.24, 2.45) is 0 Å². The van der Waals surface area contributed by atoms with Gasteiger partial charge in [-0.15, -0.1) is 0 Å². The van der Waals surface area contributed by atoms with Gasteiger partial charge in [0.2, 0.25) is 0 Å². The first-order chi connectivity index (χ1) is 7.34. The molecule has 0 aliphatic rings. The van der Waals surface area contributed by atoms with Crippen molar-refractivity contribution in [3.63, 3.8) is 0 Å². The number of aliphatic hydroxyl groups excluding tert-OH is 1. The predicted molar refractivity (Wildman–Crippen MR) is 43.9 cm³/mol. The van der Waals surface area contributed by atoms with Crippen LogP contribution in [0.15, 0.2) is 12.1 Å². The van der Waals surface area contributed by atoms with Crippen molar-refractivity contribution in [2.75, 3.05) is 0 Å². The molecular formula is C9H6F4O3. The number of alkyl halides is 2. The van der Waals surface area contributed by atoms with Crippen molar-refractivity contribution in [3.8, 4) is 0 Å². The first-order valence-corrected chi connectivity index (χ1v) is 4.02. The minimum Gasteiger partial charge on any atom is -0.479 e. The van der Waals surface area contributed by atoms with E-state index in [1.165, 1.54) is 0 Å². The van der Waals surface area contributed by atoms with Gasteiger partial charge in [0.25, 0.3) is 6.43 Å². The van der Waals surface area contributed by atoms with Gasteiger partial charge in [-0.2, -0.15) is 0 Å². The van der Waals surface area contributed by atoms with Crippen molar-refractivity contribution < 1.29 is 32.6 Å². The Morgan fingerprint density at radius 2 is 1.62 bits per heavy atom. The van der Waals surface area contributed by atoms with Crippen LogP contribution in [0.25, 0.3) is 0 Å². The summed E-state index contributed by atoms with van der Waals surface area (Å²) >= 11 is 0. The van der Waals surface area contributed by atoms with E-state index < -0.39 is 41.3 Å². The van der Waals surface area contributed by atoms with Crippen molar-refractivity contribution in [2.45, 2.75) is 12.5 Å². The molecule has 16 heavy (non-hydrogen) atoms. The van der Waals surface area contributed by atoms with E-state index in [-0.39, 0.29) is 12.1 Å². The van der Waals surface area contributed by atoms with Gasteiger partial charge in [-0.05, 0) is 12.1 Å². The zero-order valence-corrected chi connectivity index (χ0v) is 7.62. The Bertz CT molecular complexity index is 396. The maximum Gasteiger partial charge on any atom is 0.337 e. The molecule has 88 valence electrons. The Kier molecular flexibility index (Phi) is 3.48. The summed E-state index contributed by atoms with van der Waals surface area (Å²) in [5, 5.41) is 17.3. The molecule has 0 fully saturated rings. The van der Waals surface area contributed by atoms with E-state index >= 15 is 0 Å². The molecule has 1 aromatic rings. The van der Waals surface area contributed by atoms with Crippen LogP contribution < -0.4 is 0 Å². The second-order valence-corrected chi connectivity index (χ2v) is 2.94. The number of hydrogen-bond acceptors (Lipinski definition) is 2. The molecule has 1 atom stereocenters. The standard InChI is InChI=1S/C9H6F4O3/c10-4-1-3(8(12)13)2-5(11)6(4)7(14)9(15)16/h1-2,7-8,14H,(H,15,16). The smallest absolute Gasteiger partial charge is 0.337 e. The van der Waals surface area contributed by atoms with E-state index in [2.05, 4.69) is 0 Å².